The van der Waals surface area contributed by atoms with Gasteiger partial charge in [-0.15, -0.1) is 0 Å². The molecular formula is C10H14N4. The summed E-state index contributed by atoms with van der Waals surface area (Å²) in [6.45, 7) is 0.859. The van der Waals surface area contributed by atoms with Crippen LogP contribution in [0.1, 0.15) is 19.3 Å². The summed E-state index contributed by atoms with van der Waals surface area (Å²) in [7, 11) is 0. The molecule has 4 heteroatoms. The second kappa shape index (κ2) is 4.25. The van der Waals surface area contributed by atoms with Crippen molar-refractivity contribution in [1.82, 2.24) is 14.9 Å². The number of hydrogen-bond donors (Lipinski definition) is 1. The molecule has 0 aliphatic heterocycles. The number of nitriles is 1. The summed E-state index contributed by atoms with van der Waals surface area (Å²) in [6.07, 6.45) is 8.77. The third-order valence-corrected chi connectivity index (χ3v) is 2.41. The molecule has 14 heavy (non-hydrogen) atoms. The second-order valence-corrected chi connectivity index (χ2v) is 3.71. The first-order valence-corrected chi connectivity index (χ1v) is 5.00. The van der Waals surface area contributed by atoms with Gasteiger partial charge in [-0.2, -0.15) is 5.26 Å². The second-order valence-electron chi connectivity index (χ2n) is 3.71. The summed E-state index contributed by atoms with van der Waals surface area (Å²) in [6, 6.07) is 2.88. The highest BCUT2D eigenvalue weighted by Gasteiger charge is 2.24. The quantitative estimate of drug-likeness (QED) is 0.751. The average molecular weight is 190 g/mol. The Kier molecular flexibility index (Phi) is 2.80. The van der Waals surface area contributed by atoms with Crippen molar-refractivity contribution in [2.45, 2.75) is 37.9 Å². The van der Waals surface area contributed by atoms with Crippen molar-refractivity contribution >= 4 is 0 Å². The molecule has 1 saturated carbocycles. The minimum Gasteiger partial charge on any atom is -0.337 e. The number of aryl methyl sites for hydroxylation is 1. The first kappa shape index (κ1) is 9.22. The zero-order valence-corrected chi connectivity index (χ0v) is 8.06. The summed E-state index contributed by atoms with van der Waals surface area (Å²) in [5.74, 6) is 0. The third-order valence-electron chi connectivity index (χ3n) is 2.41. The molecule has 0 aromatic carbocycles. The first-order valence-electron chi connectivity index (χ1n) is 5.00. The van der Waals surface area contributed by atoms with Crippen molar-refractivity contribution in [3.05, 3.63) is 18.7 Å². The van der Waals surface area contributed by atoms with Gasteiger partial charge in [0.2, 0.25) is 0 Å². The molecule has 4 nitrogen and oxygen atoms in total. The number of hydrogen-bond acceptors (Lipinski definition) is 3. The van der Waals surface area contributed by atoms with E-state index < -0.39 is 0 Å². The van der Waals surface area contributed by atoms with Gasteiger partial charge in [0.25, 0.3) is 0 Å². The summed E-state index contributed by atoms with van der Waals surface area (Å²) in [5, 5.41) is 12.2. The van der Waals surface area contributed by atoms with Crippen LogP contribution in [0.4, 0.5) is 0 Å². The van der Waals surface area contributed by atoms with E-state index in [0.717, 1.165) is 13.0 Å². The highest BCUT2D eigenvalue weighted by Crippen LogP contribution is 2.19. The van der Waals surface area contributed by atoms with Gasteiger partial charge in [-0.05, 0) is 19.3 Å². The molecule has 1 aliphatic rings. The van der Waals surface area contributed by atoms with E-state index in [1.807, 2.05) is 10.8 Å². The maximum absolute atomic E-state index is 8.89. The Bertz CT molecular complexity index is 307. The van der Waals surface area contributed by atoms with E-state index in [0.29, 0.717) is 6.04 Å². The molecule has 1 aromatic heterocycles. The average Bonchev–Trinajstić information content (AvgIpc) is 2.86. The van der Waals surface area contributed by atoms with Crippen LogP contribution in [0.25, 0.3) is 0 Å². The maximum atomic E-state index is 8.89. The number of imidazole rings is 1. The Labute approximate surface area is 83.6 Å². The molecule has 1 atom stereocenters. The highest BCUT2D eigenvalue weighted by molar-refractivity contribution is 4.95. The molecule has 74 valence electrons. The van der Waals surface area contributed by atoms with E-state index >= 15 is 0 Å². The van der Waals surface area contributed by atoms with Crippen LogP contribution in [0.2, 0.25) is 0 Å². The summed E-state index contributed by atoms with van der Waals surface area (Å²) in [5.41, 5.74) is 0. The molecule has 1 aromatic rings. The predicted molar refractivity (Wildman–Crippen MR) is 52.4 cm³/mol. The molecule has 1 N–H and O–H groups in total. The summed E-state index contributed by atoms with van der Waals surface area (Å²) >= 11 is 0. The van der Waals surface area contributed by atoms with Crippen LogP contribution in [0.3, 0.4) is 0 Å². The smallest absolute Gasteiger partial charge is 0.0972 e. The van der Waals surface area contributed by atoms with Gasteiger partial charge in [0.15, 0.2) is 0 Å². The molecule has 0 spiro atoms. The maximum Gasteiger partial charge on any atom is 0.0972 e. The van der Waals surface area contributed by atoms with E-state index in [-0.39, 0.29) is 6.04 Å². The zero-order chi connectivity index (χ0) is 9.80. The van der Waals surface area contributed by atoms with Gasteiger partial charge in [-0.1, -0.05) is 0 Å². The number of aromatic nitrogens is 2. The molecule has 1 fully saturated rings. The van der Waals surface area contributed by atoms with Crippen LogP contribution < -0.4 is 5.32 Å². The lowest BCUT2D eigenvalue weighted by Crippen LogP contribution is -2.30. The number of nitrogens with one attached hydrogen (secondary N) is 1. The third kappa shape index (κ3) is 2.57. The standard InChI is InChI=1S/C10H14N4/c11-7-10(13-9-1-2-9)3-5-14-6-4-12-8-14/h4,6,8-10,13H,1-3,5H2. The Balaban J connectivity index is 1.74. The fourth-order valence-electron chi connectivity index (χ4n) is 1.42. The lowest BCUT2D eigenvalue weighted by molar-refractivity contribution is 0.514. The highest BCUT2D eigenvalue weighted by atomic mass is 15.0. The van der Waals surface area contributed by atoms with Crippen molar-refractivity contribution in [3.63, 3.8) is 0 Å². The minimum absolute atomic E-state index is 0.00935. The van der Waals surface area contributed by atoms with Gasteiger partial charge in [0.1, 0.15) is 0 Å². The monoisotopic (exact) mass is 190 g/mol. The van der Waals surface area contributed by atoms with Crippen molar-refractivity contribution in [2.24, 2.45) is 0 Å². The van der Waals surface area contributed by atoms with Gasteiger partial charge >= 0.3 is 0 Å². The predicted octanol–water partition coefficient (Wildman–Crippen LogP) is 0.917. The van der Waals surface area contributed by atoms with Gasteiger partial charge in [-0.25, -0.2) is 4.98 Å². The fraction of sp³-hybridized carbons (Fsp3) is 0.600. The van der Waals surface area contributed by atoms with Gasteiger partial charge in [0.05, 0.1) is 18.4 Å². The number of rotatable bonds is 5. The first-order chi connectivity index (χ1) is 6.88. The van der Waals surface area contributed by atoms with E-state index in [9.17, 15) is 0 Å². The topological polar surface area (TPSA) is 53.6 Å². The van der Waals surface area contributed by atoms with Gasteiger partial charge in [0, 0.05) is 25.0 Å². The minimum atomic E-state index is -0.00935. The fourth-order valence-corrected chi connectivity index (χ4v) is 1.42. The zero-order valence-electron chi connectivity index (χ0n) is 8.06. The SMILES string of the molecule is N#CC(CCn1ccnc1)NC1CC1. The normalized spacial score (nSPS) is 17.6. The van der Waals surface area contributed by atoms with Crippen LogP contribution in [0.5, 0.6) is 0 Å². The largest absolute Gasteiger partial charge is 0.337 e. The molecule has 0 amide bonds. The molecule has 1 aliphatic carbocycles. The lowest BCUT2D eigenvalue weighted by Gasteiger charge is -2.10. The molecule has 1 heterocycles. The molecule has 1 unspecified atom stereocenters. The van der Waals surface area contributed by atoms with Crippen molar-refractivity contribution in [1.29, 1.82) is 5.26 Å². The Morgan fingerprint density at radius 3 is 3.07 bits per heavy atom. The van der Waals surface area contributed by atoms with Crippen LogP contribution >= 0.6 is 0 Å². The van der Waals surface area contributed by atoms with Crippen LogP contribution in [0.15, 0.2) is 18.7 Å². The molecular weight excluding hydrogens is 176 g/mol. The van der Waals surface area contributed by atoms with Crippen LogP contribution in [-0.2, 0) is 6.54 Å². The van der Waals surface area contributed by atoms with E-state index in [2.05, 4.69) is 16.4 Å². The Hall–Kier alpha value is -1.34. The van der Waals surface area contributed by atoms with Crippen molar-refractivity contribution < 1.29 is 0 Å². The lowest BCUT2D eigenvalue weighted by atomic mass is 10.2. The van der Waals surface area contributed by atoms with E-state index in [1.165, 1.54) is 12.8 Å². The molecule has 0 bridgehead atoms. The van der Waals surface area contributed by atoms with Crippen molar-refractivity contribution in [3.8, 4) is 6.07 Å². The van der Waals surface area contributed by atoms with Gasteiger partial charge < -0.3 is 4.57 Å². The van der Waals surface area contributed by atoms with Gasteiger partial charge in [-0.3, -0.25) is 5.32 Å². The van der Waals surface area contributed by atoms with Crippen LogP contribution in [0, 0.1) is 11.3 Å². The molecule has 2 rings (SSSR count). The number of nitrogens with zero attached hydrogens (tertiary/aromatic N) is 3. The Morgan fingerprint density at radius 1 is 1.64 bits per heavy atom. The van der Waals surface area contributed by atoms with E-state index in [4.69, 9.17) is 5.26 Å². The van der Waals surface area contributed by atoms with Crippen LogP contribution in [-0.4, -0.2) is 21.6 Å². The van der Waals surface area contributed by atoms with E-state index in [1.54, 1.807) is 12.5 Å². The molecule has 0 saturated heterocycles. The summed E-state index contributed by atoms with van der Waals surface area (Å²) < 4.78 is 2.00. The molecule has 0 radical (unpaired) electrons. The Morgan fingerprint density at radius 2 is 2.50 bits per heavy atom. The van der Waals surface area contributed by atoms with Crippen molar-refractivity contribution in [2.75, 3.05) is 0 Å². The summed E-state index contributed by atoms with van der Waals surface area (Å²) in [4.78, 5) is 3.96.